The van der Waals surface area contributed by atoms with E-state index < -0.39 is 17.9 Å². The molecule has 0 fully saturated rings. The molecule has 3 atom stereocenters. The zero-order valence-electron chi connectivity index (χ0n) is 13.7. The molecule has 5 N–H and O–H groups in total. The summed E-state index contributed by atoms with van der Waals surface area (Å²) in [5.74, 6) is -2.87. The standard InChI is InChI=1S/C16H32O6/c1-3-6-12(10-16(2,21)22)13(11-17)9-14(18)7-4-5-8-15(19)20/h12-14,17-18,21-22H,3-11H2,1-2H3,(H,19,20)/t12-,13+,14+/m0/s1. The number of unbranched alkanes of at least 4 members (excludes halogenated alkanes) is 1. The fourth-order valence-corrected chi connectivity index (χ4v) is 2.91. The number of hydrogen-bond donors (Lipinski definition) is 5. The number of carbonyl (C=O) groups is 1. The largest absolute Gasteiger partial charge is 0.481 e. The Bertz CT molecular complexity index is 300. The van der Waals surface area contributed by atoms with Crippen LogP contribution in [0, 0.1) is 11.8 Å². The van der Waals surface area contributed by atoms with Crippen LogP contribution in [0.2, 0.25) is 0 Å². The van der Waals surface area contributed by atoms with Gasteiger partial charge in [0.05, 0.1) is 6.10 Å². The normalized spacial score (nSPS) is 16.3. The summed E-state index contributed by atoms with van der Waals surface area (Å²) in [6.07, 6.45) is 3.33. The van der Waals surface area contributed by atoms with E-state index in [2.05, 4.69) is 0 Å². The molecule has 22 heavy (non-hydrogen) atoms. The quantitative estimate of drug-likeness (QED) is 0.259. The van der Waals surface area contributed by atoms with Gasteiger partial charge in [-0.3, -0.25) is 4.79 Å². The average molecular weight is 320 g/mol. The van der Waals surface area contributed by atoms with Gasteiger partial charge in [-0.1, -0.05) is 26.2 Å². The third-order valence-electron chi connectivity index (χ3n) is 3.96. The minimum Gasteiger partial charge on any atom is -0.481 e. The fourth-order valence-electron chi connectivity index (χ4n) is 2.91. The number of carboxylic acid groups (broad SMARTS) is 1. The van der Waals surface area contributed by atoms with Crippen LogP contribution in [0.5, 0.6) is 0 Å². The van der Waals surface area contributed by atoms with Gasteiger partial charge >= 0.3 is 5.97 Å². The molecule has 0 amide bonds. The number of carboxylic acids is 1. The molecule has 0 saturated heterocycles. The van der Waals surface area contributed by atoms with Crippen LogP contribution in [0.25, 0.3) is 0 Å². The molecule has 0 bridgehead atoms. The summed E-state index contributed by atoms with van der Waals surface area (Å²) in [5.41, 5.74) is 0. The van der Waals surface area contributed by atoms with Crippen molar-refractivity contribution in [3.05, 3.63) is 0 Å². The number of aliphatic carboxylic acids is 1. The average Bonchev–Trinajstić information content (AvgIpc) is 2.39. The van der Waals surface area contributed by atoms with Gasteiger partial charge in [0.25, 0.3) is 0 Å². The van der Waals surface area contributed by atoms with E-state index >= 15 is 0 Å². The van der Waals surface area contributed by atoms with Crippen LogP contribution in [-0.2, 0) is 4.79 Å². The minimum atomic E-state index is -1.78. The first-order valence-electron chi connectivity index (χ1n) is 8.15. The molecular weight excluding hydrogens is 288 g/mol. The second kappa shape index (κ2) is 10.9. The highest BCUT2D eigenvalue weighted by Gasteiger charge is 2.29. The van der Waals surface area contributed by atoms with Crippen molar-refractivity contribution in [1.82, 2.24) is 0 Å². The second-order valence-electron chi connectivity index (χ2n) is 6.44. The Balaban J connectivity index is 4.36. The van der Waals surface area contributed by atoms with E-state index in [0.717, 1.165) is 12.8 Å². The monoisotopic (exact) mass is 320 g/mol. The molecular formula is C16H32O6. The molecule has 0 aromatic heterocycles. The number of rotatable bonds is 13. The van der Waals surface area contributed by atoms with Gasteiger partial charge in [0.1, 0.15) is 0 Å². The van der Waals surface area contributed by atoms with Crippen LogP contribution in [0.1, 0.15) is 65.2 Å². The SMILES string of the molecule is CCC[C@@H](CC(C)(O)O)[C@@H](CO)C[C@H](O)CCCCC(=O)O. The molecule has 6 heteroatoms. The van der Waals surface area contributed by atoms with Gasteiger partial charge in [-0.25, -0.2) is 0 Å². The second-order valence-corrected chi connectivity index (χ2v) is 6.44. The Labute approximate surface area is 132 Å². The molecule has 132 valence electrons. The molecule has 0 unspecified atom stereocenters. The third-order valence-corrected chi connectivity index (χ3v) is 3.96. The van der Waals surface area contributed by atoms with Gasteiger partial charge in [-0.15, -0.1) is 0 Å². The highest BCUT2D eigenvalue weighted by atomic mass is 16.5. The molecule has 0 aliphatic heterocycles. The maximum Gasteiger partial charge on any atom is 0.303 e. The summed E-state index contributed by atoms with van der Waals surface area (Å²) in [4.78, 5) is 10.4. The number of aliphatic hydroxyl groups excluding tert-OH is 2. The first-order valence-corrected chi connectivity index (χ1v) is 8.15. The fraction of sp³-hybridized carbons (Fsp3) is 0.938. The van der Waals surface area contributed by atoms with Crippen LogP contribution in [0.3, 0.4) is 0 Å². The highest BCUT2D eigenvalue weighted by molar-refractivity contribution is 5.66. The molecule has 0 aliphatic carbocycles. The predicted octanol–water partition coefficient (Wildman–Crippen LogP) is 1.50. The topological polar surface area (TPSA) is 118 Å². The highest BCUT2D eigenvalue weighted by Crippen LogP contribution is 2.30. The van der Waals surface area contributed by atoms with Crippen LogP contribution >= 0.6 is 0 Å². The summed E-state index contributed by atoms with van der Waals surface area (Å²) >= 11 is 0. The van der Waals surface area contributed by atoms with Crippen LogP contribution in [0.15, 0.2) is 0 Å². The lowest BCUT2D eigenvalue weighted by atomic mass is 9.80. The van der Waals surface area contributed by atoms with E-state index in [1.165, 1.54) is 6.92 Å². The zero-order valence-corrected chi connectivity index (χ0v) is 13.7. The van der Waals surface area contributed by atoms with Crippen LogP contribution in [-0.4, -0.2) is 50.0 Å². The van der Waals surface area contributed by atoms with E-state index in [1.54, 1.807) is 0 Å². The molecule has 0 rings (SSSR count). The van der Waals surface area contributed by atoms with Gasteiger partial charge < -0.3 is 25.5 Å². The lowest BCUT2D eigenvalue weighted by molar-refractivity contribution is -0.163. The van der Waals surface area contributed by atoms with E-state index in [1.807, 2.05) is 6.92 Å². The van der Waals surface area contributed by atoms with Gasteiger partial charge in [-0.2, -0.15) is 0 Å². The van der Waals surface area contributed by atoms with E-state index in [0.29, 0.717) is 25.7 Å². The zero-order chi connectivity index (χ0) is 17.2. The van der Waals surface area contributed by atoms with E-state index in [9.17, 15) is 25.2 Å². The minimum absolute atomic E-state index is 0.0660. The van der Waals surface area contributed by atoms with Crippen molar-refractivity contribution in [2.24, 2.45) is 11.8 Å². The summed E-state index contributed by atoms with van der Waals surface area (Å²) in [6, 6.07) is 0. The van der Waals surface area contributed by atoms with Gasteiger partial charge in [0, 0.05) is 19.4 Å². The maximum absolute atomic E-state index is 10.4. The first kappa shape index (κ1) is 21.3. The Morgan fingerprint density at radius 1 is 1.14 bits per heavy atom. The molecule has 0 aromatic carbocycles. The molecule has 0 radical (unpaired) electrons. The molecule has 0 aliphatic rings. The number of hydrogen-bond acceptors (Lipinski definition) is 5. The van der Waals surface area contributed by atoms with Crippen molar-refractivity contribution in [2.45, 2.75) is 77.1 Å². The smallest absolute Gasteiger partial charge is 0.303 e. The molecule has 0 saturated carbocycles. The van der Waals surface area contributed by atoms with Crippen LogP contribution in [0.4, 0.5) is 0 Å². The van der Waals surface area contributed by atoms with Crippen molar-refractivity contribution >= 4 is 5.97 Å². The van der Waals surface area contributed by atoms with Gasteiger partial charge in [-0.05, 0) is 38.0 Å². The molecule has 6 nitrogen and oxygen atoms in total. The van der Waals surface area contributed by atoms with Crippen molar-refractivity contribution in [3.8, 4) is 0 Å². The lowest BCUT2D eigenvalue weighted by Crippen LogP contribution is -2.33. The van der Waals surface area contributed by atoms with Gasteiger partial charge in [0.15, 0.2) is 5.79 Å². The molecule has 0 spiro atoms. The van der Waals surface area contributed by atoms with Crippen LogP contribution < -0.4 is 0 Å². The molecule has 0 heterocycles. The van der Waals surface area contributed by atoms with Crippen molar-refractivity contribution in [3.63, 3.8) is 0 Å². The van der Waals surface area contributed by atoms with E-state index in [4.69, 9.17) is 5.11 Å². The Kier molecular flexibility index (Phi) is 10.6. The summed E-state index contributed by atoms with van der Waals surface area (Å²) in [7, 11) is 0. The maximum atomic E-state index is 10.4. The predicted molar refractivity (Wildman–Crippen MR) is 83.2 cm³/mol. The Morgan fingerprint density at radius 3 is 2.23 bits per heavy atom. The van der Waals surface area contributed by atoms with Gasteiger partial charge in [0.2, 0.25) is 0 Å². The van der Waals surface area contributed by atoms with E-state index in [-0.39, 0.29) is 31.3 Å². The van der Waals surface area contributed by atoms with Crippen molar-refractivity contribution < 1.29 is 30.3 Å². The Morgan fingerprint density at radius 2 is 1.77 bits per heavy atom. The molecule has 0 aromatic rings. The first-order chi connectivity index (χ1) is 10.2. The Hall–Kier alpha value is -0.690. The van der Waals surface area contributed by atoms with Crippen molar-refractivity contribution in [1.29, 1.82) is 0 Å². The summed E-state index contributed by atoms with van der Waals surface area (Å²) in [5, 5.41) is 47.3. The summed E-state index contributed by atoms with van der Waals surface area (Å²) < 4.78 is 0. The lowest BCUT2D eigenvalue weighted by Gasteiger charge is -2.31. The third kappa shape index (κ3) is 11.0. The summed E-state index contributed by atoms with van der Waals surface area (Å²) in [6.45, 7) is 3.22. The van der Waals surface area contributed by atoms with Crippen molar-refractivity contribution in [2.75, 3.05) is 6.61 Å². The number of aliphatic hydroxyl groups is 4.